The Bertz CT molecular complexity index is 1390. The number of hydrogen-bond donors (Lipinski definition) is 1. The van der Waals surface area contributed by atoms with Crippen LogP contribution < -0.4 is 4.90 Å². The second kappa shape index (κ2) is 9.07. The monoisotopic (exact) mass is 527 g/mol. The summed E-state index contributed by atoms with van der Waals surface area (Å²) in [6.07, 6.45) is -3.89. The number of aromatic nitrogens is 1. The van der Waals surface area contributed by atoms with Gasteiger partial charge in [-0.25, -0.2) is 13.4 Å². The van der Waals surface area contributed by atoms with E-state index < -0.39 is 33.8 Å². The topological polar surface area (TPSA) is 90.8 Å². The number of hydrogen-bond acceptors (Lipinski definition) is 6. The van der Waals surface area contributed by atoms with Crippen LogP contribution in [0.4, 0.5) is 19.0 Å². The van der Waals surface area contributed by atoms with Crippen LogP contribution in [0, 0.1) is 6.92 Å². The summed E-state index contributed by atoms with van der Waals surface area (Å²) in [5.74, 6) is -0.601. The number of alkyl halides is 3. The summed E-state index contributed by atoms with van der Waals surface area (Å²) in [6, 6.07) is 4.95. The Kier molecular flexibility index (Phi) is 6.58. The SMILES string of the molecule is Cc1cc(C(F)(F)F)cnc1N1CC(C)N(S(=O)(=O)c2ccc3scc(CC(=O)O)c3c2)CC1C. The summed E-state index contributed by atoms with van der Waals surface area (Å²) in [6.45, 7) is 5.48. The number of carboxylic acid groups (broad SMARTS) is 1. The Morgan fingerprint density at radius 2 is 1.91 bits per heavy atom. The van der Waals surface area contributed by atoms with Crippen LogP contribution in [0.25, 0.3) is 10.1 Å². The highest BCUT2D eigenvalue weighted by Crippen LogP contribution is 2.34. The molecule has 2 aromatic heterocycles. The van der Waals surface area contributed by atoms with Gasteiger partial charge in [-0.3, -0.25) is 4.79 Å². The van der Waals surface area contributed by atoms with E-state index in [2.05, 4.69) is 4.98 Å². The number of carbonyl (C=O) groups is 1. The maximum absolute atomic E-state index is 13.6. The molecule has 0 aliphatic carbocycles. The molecule has 1 saturated heterocycles. The lowest BCUT2D eigenvalue weighted by molar-refractivity contribution is -0.138. The number of nitrogens with zero attached hydrogens (tertiary/aromatic N) is 3. The summed E-state index contributed by atoms with van der Waals surface area (Å²) >= 11 is 1.36. The van der Waals surface area contributed by atoms with Gasteiger partial charge in [-0.15, -0.1) is 11.3 Å². The minimum Gasteiger partial charge on any atom is -0.481 e. The van der Waals surface area contributed by atoms with Crippen molar-refractivity contribution >= 4 is 43.2 Å². The number of benzene rings is 1. The van der Waals surface area contributed by atoms with Crippen molar-refractivity contribution in [1.82, 2.24) is 9.29 Å². The van der Waals surface area contributed by atoms with E-state index in [0.717, 1.165) is 17.0 Å². The first-order valence-electron chi connectivity index (χ1n) is 10.8. The number of anilines is 1. The van der Waals surface area contributed by atoms with Gasteiger partial charge in [0.05, 0.1) is 16.9 Å². The van der Waals surface area contributed by atoms with Crippen LogP contribution in [0.2, 0.25) is 0 Å². The molecule has 0 saturated carbocycles. The second-order valence-corrected chi connectivity index (χ2v) is 11.6. The molecule has 3 aromatic rings. The predicted molar refractivity (Wildman–Crippen MR) is 127 cm³/mol. The maximum Gasteiger partial charge on any atom is 0.417 e. The van der Waals surface area contributed by atoms with E-state index in [1.54, 1.807) is 32.2 Å². The molecule has 1 aliphatic rings. The molecule has 0 spiro atoms. The number of pyridine rings is 1. The fourth-order valence-electron chi connectivity index (χ4n) is 4.40. The fraction of sp³-hybridized carbons (Fsp3) is 0.391. The van der Waals surface area contributed by atoms with Crippen molar-refractivity contribution in [1.29, 1.82) is 0 Å². The lowest BCUT2D eigenvalue weighted by Crippen LogP contribution is -2.58. The third-order valence-electron chi connectivity index (χ3n) is 6.15. The summed E-state index contributed by atoms with van der Waals surface area (Å²) in [5, 5.41) is 11.5. The molecule has 1 aliphatic heterocycles. The molecule has 4 rings (SSSR count). The molecule has 1 fully saturated rings. The quantitative estimate of drug-likeness (QED) is 0.524. The Balaban J connectivity index is 1.61. The number of aliphatic carboxylic acids is 1. The molecule has 3 heterocycles. The highest BCUT2D eigenvalue weighted by Gasteiger charge is 2.39. The lowest BCUT2D eigenvalue weighted by Gasteiger charge is -2.44. The summed E-state index contributed by atoms with van der Waals surface area (Å²) in [4.78, 5) is 17.1. The molecular weight excluding hydrogens is 503 g/mol. The first kappa shape index (κ1) is 25.4. The average molecular weight is 528 g/mol. The summed E-state index contributed by atoms with van der Waals surface area (Å²) in [5.41, 5.74) is 0.0976. The number of rotatable bonds is 5. The molecule has 0 amide bonds. The average Bonchev–Trinajstić information content (AvgIpc) is 3.16. The van der Waals surface area contributed by atoms with Gasteiger partial charge in [0, 0.05) is 36.1 Å². The van der Waals surface area contributed by atoms with Crippen LogP contribution in [0.3, 0.4) is 0 Å². The van der Waals surface area contributed by atoms with Gasteiger partial charge < -0.3 is 10.0 Å². The first-order valence-corrected chi connectivity index (χ1v) is 13.1. The van der Waals surface area contributed by atoms with Crippen molar-refractivity contribution in [3.05, 3.63) is 52.5 Å². The van der Waals surface area contributed by atoms with Crippen LogP contribution in [-0.2, 0) is 27.4 Å². The molecule has 2 unspecified atom stereocenters. The predicted octanol–water partition coefficient (Wildman–Crippen LogP) is 4.54. The van der Waals surface area contributed by atoms with Gasteiger partial charge in [-0.1, -0.05) is 0 Å². The Morgan fingerprint density at radius 1 is 1.20 bits per heavy atom. The molecular formula is C23H24F3N3O4S2. The van der Waals surface area contributed by atoms with Gasteiger partial charge in [0.25, 0.3) is 0 Å². The normalized spacial score (nSPS) is 19.9. The van der Waals surface area contributed by atoms with E-state index in [4.69, 9.17) is 5.11 Å². The Labute approximate surface area is 204 Å². The molecule has 0 bridgehead atoms. The van der Waals surface area contributed by atoms with Crippen LogP contribution in [0.15, 0.2) is 40.7 Å². The fourth-order valence-corrected chi connectivity index (χ4v) is 7.08. The van der Waals surface area contributed by atoms with Crippen LogP contribution in [-0.4, -0.2) is 54.0 Å². The number of halogens is 3. The molecule has 35 heavy (non-hydrogen) atoms. The van der Waals surface area contributed by atoms with Gasteiger partial charge in [0.2, 0.25) is 10.0 Å². The van der Waals surface area contributed by atoms with Gasteiger partial charge in [0.1, 0.15) is 5.82 Å². The molecule has 7 nitrogen and oxygen atoms in total. The number of fused-ring (bicyclic) bond motifs is 1. The Morgan fingerprint density at radius 3 is 2.54 bits per heavy atom. The number of piperazine rings is 1. The van der Waals surface area contributed by atoms with E-state index in [0.29, 0.717) is 22.3 Å². The van der Waals surface area contributed by atoms with E-state index >= 15 is 0 Å². The van der Waals surface area contributed by atoms with Gasteiger partial charge in [0.15, 0.2) is 0 Å². The van der Waals surface area contributed by atoms with E-state index in [-0.39, 0.29) is 30.4 Å². The number of sulfonamides is 1. The van der Waals surface area contributed by atoms with E-state index in [1.807, 2.05) is 4.90 Å². The summed E-state index contributed by atoms with van der Waals surface area (Å²) < 4.78 is 68.4. The molecule has 1 N–H and O–H groups in total. The van der Waals surface area contributed by atoms with E-state index in [9.17, 15) is 26.4 Å². The minimum atomic E-state index is -4.49. The number of aryl methyl sites for hydroxylation is 1. The van der Waals surface area contributed by atoms with Crippen LogP contribution in [0.5, 0.6) is 0 Å². The van der Waals surface area contributed by atoms with Crippen LogP contribution >= 0.6 is 11.3 Å². The summed E-state index contributed by atoms with van der Waals surface area (Å²) in [7, 11) is -3.91. The highest BCUT2D eigenvalue weighted by molar-refractivity contribution is 7.89. The largest absolute Gasteiger partial charge is 0.481 e. The van der Waals surface area contributed by atoms with Gasteiger partial charge in [-0.05, 0) is 66.9 Å². The smallest absolute Gasteiger partial charge is 0.417 e. The number of carboxylic acids is 1. The lowest BCUT2D eigenvalue weighted by atomic mass is 10.1. The number of thiophene rings is 1. The molecule has 1 aromatic carbocycles. The van der Waals surface area contributed by atoms with Crippen molar-refractivity contribution in [2.75, 3.05) is 18.0 Å². The third kappa shape index (κ3) is 4.87. The van der Waals surface area contributed by atoms with Crippen molar-refractivity contribution in [3.8, 4) is 0 Å². The zero-order valence-corrected chi connectivity index (χ0v) is 20.8. The highest BCUT2D eigenvalue weighted by atomic mass is 32.2. The van der Waals surface area contributed by atoms with Crippen molar-refractivity contribution < 1.29 is 31.5 Å². The third-order valence-corrected chi connectivity index (χ3v) is 9.14. The maximum atomic E-state index is 13.6. The molecule has 0 radical (unpaired) electrons. The Hall–Kier alpha value is -2.70. The molecule has 12 heteroatoms. The van der Waals surface area contributed by atoms with Crippen molar-refractivity contribution in [2.45, 2.75) is 50.3 Å². The molecule has 188 valence electrons. The van der Waals surface area contributed by atoms with Crippen molar-refractivity contribution in [2.24, 2.45) is 0 Å². The van der Waals surface area contributed by atoms with Crippen LogP contribution in [0.1, 0.15) is 30.5 Å². The first-order chi connectivity index (χ1) is 16.3. The van der Waals surface area contributed by atoms with Gasteiger partial charge in [-0.2, -0.15) is 17.5 Å². The second-order valence-electron chi connectivity index (χ2n) is 8.78. The standard InChI is InChI=1S/C23H24F3N3O4S2/c1-13-6-17(23(24,25)26)9-27-22(13)28-10-15(3)29(11-14(28)2)35(32,33)18-4-5-20-19(8-18)16(12-34-20)7-21(30)31/h4-6,8-9,12,14-15H,7,10-11H2,1-3H3,(H,30,31). The van der Waals surface area contributed by atoms with Gasteiger partial charge >= 0.3 is 12.1 Å². The zero-order chi connectivity index (χ0) is 25.7. The van der Waals surface area contributed by atoms with Crippen molar-refractivity contribution in [3.63, 3.8) is 0 Å². The molecule has 2 atom stereocenters. The minimum absolute atomic E-state index is 0.0753. The van der Waals surface area contributed by atoms with E-state index in [1.165, 1.54) is 27.8 Å². The zero-order valence-electron chi connectivity index (χ0n) is 19.2.